The van der Waals surface area contributed by atoms with Crippen LogP contribution in [0.25, 0.3) is 5.65 Å². The number of hydrogen-bond acceptors (Lipinski definition) is 5. The van der Waals surface area contributed by atoms with Crippen LogP contribution in [0.4, 0.5) is 0 Å². The Morgan fingerprint density at radius 2 is 2.05 bits per heavy atom. The van der Waals surface area contributed by atoms with E-state index < -0.39 is 0 Å². The summed E-state index contributed by atoms with van der Waals surface area (Å²) in [6.45, 7) is 0.244. The molecule has 0 bridgehead atoms. The van der Waals surface area contributed by atoms with Gasteiger partial charge in [-0.25, -0.2) is 0 Å². The fraction of sp³-hybridized carbons (Fsp3) is 0.0833. The first-order valence-corrected chi connectivity index (χ1v) is 6.18. The number of carbonyl (C=O) groups is 1. The summed E-state index contributed by atoms with van der Waals surface area (Å²) >= 11 is 5.61. The van der Waals surface area contributed by atoms with Crippen LogP contribution in [0.15, 0.2) is 36.5 Å². The highest BCUT2D eigenvalue weighted by Gasteiger charge is 2.10. The van der Waals surface area contributed by atoms with Crippen molar-refractivity contribution in [3.63, 3.8) is 0 Å². The van der Waals surface area contributed by atoms with Crippen LogP contribution in [0.1, 0.15) is 16.3 Å². The number of hydrogen-bond donors (Lipinski definition) is 1. The summed E-state index contributed by atoms with van der Waals surface area (Å²) in [5.74, 6) is 0.290. The number of aromatic nitrogens is 5. The van der Waals surface area contributed by atoms with E-state index in [4.69, 9.17) is 11.6 Å². The molecule has 0 aliphatic carbocycles. The SMILES string of the molecule is O=C(NCc1nnc2ccccn12)c1ccc(Cl)nn1. The number of rotatable bonds is 3. The molecule has 0 aliphatic rings. The Morgan fingerprint density at radius 3 is 2.85 bits per heavy atom. The Bertz CT molecular complexity index is 754. The highest BCUT2D eigenvalue weighted by Crippen LogP contribution is 2.04. The van der Waals surface area contributed by atoms with Gasteiger partial charge in [-0.15, -0.1) is 20.4 Å². The molecule has 3 aromatic rings. The van der Waals surface area contributed by atoms with Gasteiger partial charge in [-0.1, -0.05) is 17.7 Å². The number of nitrogens with zero attached hydrogens (tertiary/aromatic N) is 5. The standard InChI is InChI=1S/C12H9ClN6O/c13-9-5-4-8(15-16-9)12(20)14-7-11-18-17-10-3-1-2-6-19(10)11/h1-6H,7H2,(H,14,20). The second-order valence-electron chi connectivity index (χ2n) is 3.97. The van der Waals surface area contributed by atoms with Gasteiger partial charge in [0.2, 0.25) is 0 Å². The highest BCUT2D eigenvalue weighted by molar-refractivity contribution is 6.29. The molecule has 1 amide bonds. The smallest absolute Gasteiger partial charge is 0.272 e. The lowest BCUT2D eigenvalue weighted by atomic mass is 10.3. The van der Waals surface area contributed by atoms with Crippen molar-refractivity contribution in [3.05, 3.63) is 53.2 Å². The molecule has 7 nitrogen and oxygen atoms in total. The van der Waals surface area contributed by atoms with Gasteiger partial charge in [0.25, 0.3) is 5.91 Å². The molecule has 100 valence electrons. The maximum Gasteiger partial charge on any atom is 0.272 e. The zero-order valence-corrected chi connectivity index (χ0v) is 10.9. The molecule has 3 heterocycles. The predicted molar refractivity (Wildman–Crippen MR) is 71.2 cm³/mol. The summed E-state index contributed by atoms with van der Waals surface area (Å²) < 4.78 is 1.80. The summed E-state index contributed by atoms with van der Waals surface area (Å²) in [4.78, 5) is 11.9. The van der Waals surface area contributed by atoms with Crippen molar-refractivity contribution < 1.29 is 4.79 Å². The molecule has 0 aromatic carbocycles. The van der Waals surface area contributed by atoms with Crippen LogP contribution in [-0.4, -0.2) is 30.7 Å². The third kappa shape index (κ3) is 2.43. The first-order valence-electron chi connectivity index (χ1n) is 5.80. The highest BCUT2D eigenvalue weighted by atomic mass is 35.5. The largest absolute Gasteiger partial charge is 0.343 e. The van der Waals surface area contributed by atoms with Gasteiger partial charge < -0.3 is 5.32 Å². The van der Waals surface area contributed by atoms with E-state index in [1.807, 2.05) is 24.4 Å². The lowest BCUT2D eigenvalue weighted by Gasteiger charge is -2.03. The van der Waals surface area contributed by atoms with Gasteiger partial charge in [0.05, 0.1) is 6.54 Å². The zero-order chi connectivity index (χ0) is 13.9. The van der Waals surface area contributed by atoms with Crippen molar-refractivity contribution in [2.24, 2.45) is 0 Å². The Labute approximate surface area is 118 Å². The van der Waals surface area contributed by atoms with Crippen molar-refractivity contribution in [2.75, 3.05) is 0 Å². The number of pyridine rings is 1. The minimum atomic E-state index is -0.346. The number of fused-ring (bicyclic) bond motifs is 1. The fourth-order valence-electron chi connectivity index (χ4n) is 1.70. The second kappa shape index (κ2) is 5.22. The van der Waals surface area contributed by atoms with E-state index in [0.29, 0.717) is 5.82 Å². The molecule has 1 N–H and O–H groups in total. The molecule has 0 fully saturated rings. The van der Waals surface area contributed by atoms with Crippen LogP contribution in [0.2, 0.25) is 5.15 Å². The van der Waals surface area contributed by atoms with E-state index in [2.05, 4.69) is 25.7 Å². The number of amides is 1. The summed E-state index contributed by atoms with van der Waals surface area (Å²) in [6, 6.07) is 8.59. The minimum absolute atomic E-state index is 0.197. The van der Waals surface area contributed by atoms with Gasteiger partial charge in [0, 0.05) is 6.20 Å². The second-order valence-corrected chi connectivity index (χ2v) is 4.36. The Hall–Kier alpha value is -2.54. The van der Waals surface area contributed by atoms with Gasteiger partial charge in [-0.05, 0) is 24.3 Å². The van der Waals surface area contributed by atoms with Crippen LogP contribution in [-0.2, 0) is 6.54 Å². The first-order chi connectivity index (χ1) is 9.74. The van der Waals surface area contributed by atoms with Crippen LogP contribution in [0.5, 0.6) is 0 Å². The molecule has 0 radical (unpaired) electrons. The first kappa shape index (κ1) is 12.5. The molecule has 3 rings (SSSR count). The van der Waals surface area contributed by atoms with Gasteiger partial charge in [0.15, 0.2) is 22.3 Å². The lowest BCUT2D eigenvalue weighted by molar-refractivity contribution is 0.0943. The third-order valence-electron chi connectivity index (χ3n) is 2.66. The van der Waals surface area contributed by atoms with Crippen molar-refractivity contribution >= 4 is 23.2 Å². The van der Waals surface area contributed by atoms with Gasteiger partial charge in [0.1, 0.15) is 0 Å². The molecule has 3 aromatic heterocycles. The van der Waals surface area contributed by atoms with E-state index >= 15 is 0 Å². The zero-order valence-electron chi connectivity index (χ0n) is 10.2. The molecular formula is C12H9ClN6O. The summed E-state index contributed by atoms with van der Waals surface area (Å²) in [6.07, 6.45) is 1.83. The molecule has 0 spiro atoms. The molecule has 20 heavy (non-hydrogen) atoms. The molecular weight excluding hydrogens is 280 g/mol. The van der Waals surface area contributed by atoms with Gasteiger partial charge in [-0.3, -0.25) is 9.20 Å². The van der Waals surface area contributed by atoms with Crippen molar-refractivity contribution in [1.82, 2.24) is 30.1 Å². The van der Waals surface area contributed by atoms with E-state index in [9.17, 15) is 4.79 Å². The molecule has 0 saturated carbocycles. The van der Waals surface area contributed by atoms with Crippen LogP contribution in [0.3, 0.4) is 0 Å². The van der Waals surface area contributed by atoms with Gasteiger partial charge >= 0.3 is 0 Å². The monoisotopic (exact) mass is 288 g/mol. The Kier molecular flexibility index (Phi) is 3.26. The molecule has 0 unspecified atom stereocenters. The number of nitrogens with one attached hydrogen (secondary N) is 1. The van der Waals surface area contributed by atoms with Crippen LogP contribution in [0, 0.1) is 0 Å². The predicted octanol–water partition coefficient (Wildman–Crippen LogP) is 1.10. The van der Waals surface area contributed by atoms with Crippen LogP contribution >= 0.6 is 11.6 Å². The van der Waals surface area contributed by atoms with E-state index in [-0.39, 0.29) is 23.3 Å². The molecule has 0 atom stereocenters. The number of carbonyl (C=O) groups excluding carboxylic acids is 1. The van der Waals surface area contributed by atoms with E-state index in [1.54, 1.807) is 4.40 Å². The summed E-state index contributed by atoms with van der Waals surface area (Å²) in [5.41, 5.74) is 0.922. The van der Waals surface area contributed by atoms with Crippen molar-refractivity contribution in [2.45, 2.75) is 6.54 Å². The number of halogens is 1. The molecule has 8 heteroatoms. The fourth-order valence-corrected chi connectivity index (χ4v) is 1.80. The Balaban J connectivity index is 1.73. The van der Waals surface area contributed by atoms with Crippen molar-refractivity contribution in [3.8, 4) is 0 Å². The maximum absolute atomic E-state index is 11.9. The average molecular weight is 289 g/mol. The third-order valence-corrected chi connectivity index (χ3v) is 2.86. The van der Waals surface area contributed by atoms with E-state index in [1.165, 1.54) is 12.1 Å². The molecule has 0 saturated heterocycles. The summed E-state index contributed by atoms with van der Waals surface area (Å²) in [7, 11) is 0. The average Bonchev–Trinajstić information content (AvgIpc) is 2.89. The maximum atomic E-state index is 11.9. The summed E-state index contributed by atoms with van der Waals surface area (Å²) in [5, 5.41) is 18.3. The molecule has 0 aliphatic heterocycles. The minimum Gasteiger partial charge on any atom is -0.343 e. The van der Waals surface area contributed by atoms with Crippen molar-refractivity contribution in [1.29, 1.82) is 0 Å². The topological polar surface area (TPSA) is 85.1 Å². The van der Waals surface area contributed by atoms with Gasteiger partial charge in [-0.2, -0.15) is 0 Å². The van der Waals surface area contributed by atoms with Crippen LogP contribution < -0.4 is 5.32 Å². The normalized spacial score (nSPS) is 10.7. The Morgan fingerprint density at radius 1 is 1.15 bits per heavy atom. The quantitative estimate of drug-likeness (QED) is 0.780. The lowest BCUT2D eigenvalue weighted by Crippen LogP contribution is -2.25. The van der Waals surface area contributed by atoms with E-state index in [0.717, 1.165) is 5.65 Å².